The minimum atomic E-state index is -0.941. The van der Waals surface area contributed by atoms with Gasteiger partial charge in [-0.2, -0.15) is 5.10 Å². The largest absolute Gasteiger partial charge is 0.478 e. The van der Waals surface area contributed by atoms with Gasteiger partial charge in [-0.25, -0.2) is 14.3 Å². The Labute approximate surface area is 112 Å². The van der Waals surface area contributed by atoms with Crippen LogP contribution in [0.1, 0.15) is 10.4 Å². The summed E-state index contributed by atoms with van der Waals surface area (Å²) in [5.41, 5.74) is 1.13. The maximum atomic E-state index is 11.2. The lowest BCUT2D eigenvalue weighted by Gasteiger charge is -2.05. The maximum absolute atomic E-state index is 11.2. The normalized spacial score (nSPS) is 10.7. The lowest BCUT2D eigenvalue weighted by molar-refractivity contribution is 0.0693. The third-order valence-corrected chi connectivity index (χ3v) is 3.70. The molecule has 0 unspecified atom stereocenters. The molecule has 0 aliphatic rings. The fourth-order valence-electron chi connectivity index (χ4n) is 1.75. The average molecular weight is 271 g/mol. The summed E-state index contributed by atoms with van der Waals surface area (Å²) in [5.74, 6) is -0.941. The van der Waals surface area contributed by atoms with Crippen LogP contribution in [0, 0.1) is 0 Å². The summed E-state index contributed by atoms with van der Waals surface area (Å²) in [5, 5.41) is 14.0. The van der Waals surface area contributed by atoms with Crippen LogP contribution in [0.2, 0.25) is 0 Å². The highest BCUT2D eigenvalue weighted by Crippen LogP contribution is 2.31. The quantitative estimate of drug-likeness (QED) is 0.793. The standard InChI is InChI=1S/C13H9N3O2S/c17-13(18)9-3-1-2-4-11(9)19-12-10-5-6-15-16(10)8-7-14-12/h1-8H,(H,17,18). The van der Waals surface area contributed by atoms with Gasteiger partial charge in [0.05, 0.1) is 17.3 Å². The van der Waals surface area contributed by atoms with Gasteiger partial charge in [-0.3, -0.25) is 0 Å². The second-order valence-corrected chi connectivity index (χ2v) is 4.83. The van der Waals surface area contributed by atoms with Gasteiger partial charge >= 0.3 is 5.97 Å². The molecule has 94 valence electrons. The van der Waals surface area contributed by atoms with Gasteiger partial charge in [0.25, 0.3) is 0 Å². The van der Waals surface area contributed by atoms with Crippen molar-refractivity contribution in [2.24, 2.45) is 0 Å². The summed E-state index contributed by atoms with van der Waals surface area (Å²) < 4.78 is 1.71. The molecule has 2 heterocycles. The summed E-state index contributed by atoms with van der Waals surface area (Å²) in [6, 6.07) is 8.72. The SMILES string of the molecule is O=C(O)c1ccccc1Sc1nccn2nccc12. The van der Waals surface area contributed by atoms with E-state index >= 15 is 0 Å². The molecule has 0 bridgehead atoms. The van der Waals surface area contributed by atoms with Crippen LogP contribution in [0.4, 0.5) is 0 Å². The first-order valence-corrected chi connectivity index (χ1v) is 6.36. The van der Waals surface area contributed by atoms with E-state index in [0.717, 1.165) is 10.5 Å². The van der Waals surface area contributed by atoms with Crippen molar-refractivity contribution < 1.29 is 9.90 Å². The molecule has 2 aromatic heterocycles. The molecule has 0 fully saturated rings. The molecule has 6 heteroatoms. The van der Waals surface area contributed by atoms with Crippen molar-refractivity contribution in [1.82, 2.24) is 14.6 Å². The van der Waals surface area contributed by atoms with E-state index < -0.39 is 5.97 Å². The average Bonchev–Trinajstić information content (AvgIpc) is 2.88. The molecule has 0 aliphatic heterocycles. The predicted octanol–water partition coefficient (Wildman–Crippen LogP) is 2.58. The predicted molar refractivity (Wildman–Crippen MR) is 70.5 cm³/mol. The Morgan fingerprint density at radius 2 is 2.05 bits per heavy atom. The van der Waals surface area contributed by atoms with Gasteiger partial charge in [-0.15, -0.1) is 0 Å². The van der Waals surface area contributed by atoms with E-state index in [-0.39, 0.29) is 5.56 Å². The van der Waals surface area contributed by atoms with E-state index in [9.17, 15) is 4.79 Å². The molecular formula is C13H9N3O2S. The summed E-state index contributed by atoms with van der Waals surface area (Å²) in [6.45, 7) is 0. The fourth-order valence-corrected chi connectivity index (χ4v) is 2.75. The highest BCUT2D eigenvalue weighted by molar-refractivity contribution is 7.99. The highest BCUT2D eigenvalue weighted by atomic mass is 32.2. The Balaban J connectivity index is 2.06. The molecule has 0 spiro atoms. The van der Waals surface area contributed by atoms with Gasteiger partial charge in [0.2, 0.25) is 0 Å². The molecule has 5 nitrogen and oxygen atoms in total. The molecule has 0 radical (unpaired) electrons. The number of hydrogen-bond acceptors (Lipinski definition) is 4. The number of rotatable bonds is 3. The fraction of sp³-hybridized carbons (Fsp3) is 0. The number of carbonyl (C=O) groups is 1. The molecule has 3 rings (SSSR count). The zero-order valence-electron chi connectivity index (χ0n) is 9.72. The molecule has 19 heavy (non-hydrogen) atoms. The maximum Gasteiger partial charge on any atom is 0.336 e. The van der Waals surface area contributed by atoms with E-state index in [0.29, 0.717) is 4.90 Å². The lowest BCUT2D eigenvalue weighted by atomic mass is 10.2. The van der Waals surface area contributed by atoms with Gasteiger partial charge in [-0.1, -0.05) is 23.9 Å². The molecule has 0 saturated heterocycles. The Bertz CT molecular complexity index is 754. The molecular weight excluding hydrogens is 262 g/mol. The van der Waals surface area contributed by atoms with E-state index in [2.05, 4.69) is 10.1 Å². The van der Waals surface area contributed by atoms with Crippen molar-refractivity contribution in [3.63, 3.8) is 0 Å². The third-order valence-electron chi connectivity index (χ3n) is 2.61. The summed E-state index contributed by atoms with van der Waals surface area (Å²) in [7, 11) is 0. The van der Waals surface area contributed by atoms with Crippen LogP contribution in [0.3, 0.4) is 0 Å². The number of hydrogen-bond donors (Lipinski definition) is 1. The number of carboxylic acid groups (broad SMARTS) is 1. The van der Waals surface area contributed by atoms with Crippen molar-refractivity contribution in [2.75, 3.05) is 0 Å². The van der Waals surface area contributed by atoms with Crippen LogP contribution < -0.4 is 0 Å². The molecule has 0 aliphatic carbocycles. The van der Waals surface area contributed by atoms with Crippen LogP contribution in [0.15, 0.2) is 58.8 Å². The van der Waals surface area contributed by atoms with E-state index in [4.69, 9.17) is 5.11 Å². The second-order valence-electron chi connectivity index (χ2n) is 3.80. The number of fused-ring (bicyclic) bond motifs is 1. The summed E-state index contributed by atoms with van der Waals surface area (Å²) in [6.07, 6.45) is 5.08. The highest BCUT2D eigenvalue weighted by Gasteiger charge is 2.12. The molecule has 1 aromatic carbocycles. The first-order chi connectivity index (χ1) is 9.25. The Morgan fingerprint density at radius 1 is 1.21 bits per heavy atom. The summed E-state index contributed by atoms with van der Waals surface area (Å²) in [4.78, 5) is 16.1. The molecule has 0 amide bonds. The van der Waals surface area contributed by atoms with Crippen molar-refractivity contribution in [1.29, 1.82) is 0 Å². The molecule has 1 N–H and O–H groups in total. The van der Waals surface area contributed by atoms with Crippen molar-refractivity contribution >= 4 is 23.2 Å². The van der Waals surface area contributed by atoms with E-state index in [1.807, 2.05) is 12.1 Å². The number of aromatic nitrogens is 3. The first kappa shape index (κ1) is 11.7. The molecule has 0 atom stereocenters. The van der Waals surface area contributed by atoms with Gasteiger partial charge < -0.3 is 5.11 Å². The van der Waals surface area contributed by atoms with Crippen LogP contribution in [-0.4, -0.2) is 25.7 Å². The first-order valence-electron chi connectivity index (χ1n) is 5.54. The number of aromatic carboxylic acids is 1. The second kappa shape index (κ2) is 4.74. The minimum absolute atomic E-state index is 0.274. The van der Waals surface area contributed by atoms with E-state index in [1.165, 1.54) is 11.8 Å². The van der Waals surface area contributed by atoms with Gasteiger partial charge in [-0.05, 0) is 18.2 Å². The number of nitrogens with zero attached hydrogens (tertiary/aromatic N) is 3. The van der Waals surface area contributed by atoms with Crippen LogP contribution in [-0.2, 0) is 0 Å². The Morgan fingerprint density at radius 3 is 2.89 bits per heavy atom. The molecule has 0 saturated carbocycles. The Kier molecular flexibility index (Phi) is 2.92. The molecule has 3 aromatic rings. The minimum Gasteiger partial charge on any atom is -0.478 e. The van der Waals surface area contributed by atoms with Gasteiger partial charge in [0, 0.05) is 17.3 Å². The van der Waals surface area contributed by atoms with Crippen LogP contribution in [0.5, 0.6) is 0 Å². The van der Waals surface area contributed by atoms with Crippen LogP contribution >= 0.6 is 11.8 Å². The van der Waals surface area contributed by atoms with Crippen molar-refractivity contribution in [2.45, 2.75) is 9.92 Å². The van der Waals surface area contributed by atoms with E-state index in [1.54, 1.807) is 41.3 Å². The monoisotopic (exact) mass is 271 g/mol. The summed E-state index contributed by atoms with van der Waals surface area (Å²) >= 11 is 1.32. The van der Waals surface area contributed by atoms with Gasteiger partial charge in [0.1, 0.15) is 5.03 Å². The van der Waals surface area contributed by atoms with Crippen molar-refractivity contribution in [3.8, 4) is 0 Å². The smallest absolute Gasteiger partial charge is 0.336 e. The zero-order valence-corrected chi connectivity index (χ0v) is 10.5. The van der Waals surface area contributed by atoms with Crippen LogP contribution in [0.25, 0.3) is 5.52 Å². The van der Waals surface area contributed by atoms with Gasteiger partial charge in [0.15, 0.2) is 0 Å². The number of benzene rings is 1. The topological polar surface area (TPSA) is 67.5 Å². The lowest BCUT2D eigenvalue weighted by Crippen LogP contribution is -1.98. The third kappa shape index (κ3) is 2.17. The van der Waals surface area contributed by atoms with Crippen molar-refractivity contribution in [3.05, 3.63) is 54.5 Å². The number of carboxylic acids is 1. The zero-order chi connectivity index (χ0) is 13.2. The Hall–Kier alpha value is -2.34.